The summed E-state index contributed by atoms with van der Waals surface area (Å²) in [5.41, 5.74) is 5.47. The maximum atomic E-state index is 12.1. The summed E-state index contributed by atoms with van der Waals surface area (Å²) in [4.78, 5) is 34.3. The normalized spacial score (nSPS) is 11.5. The zero-order valence-corrected chi connectivity index (χ0v) is 14.9. The van der Waals surface area contributed by atoms with Crippen molar-refractivity contribution < 1.29 is 19.2 Å². The van der Waals surface area contributed by atoms with E-state index in [1.54, 1.807) is 0 Å². The van der Waals surface area contributed by atoms with Gasteiger partial charge in [-0.15, -0.1) is 0 Å². The van der Waals surface area contributed by atoms with Crippen molar-refractivity contribution in [1.82, 2.24) is 0 Å². The smallest absolute Gasteiger partial charge is 0.341 e. The van der Waals surface area contributed by atoms with E-state index in [0.29, 0.717) is 10.7 Å². The van der Waals surface area contributed by atoms with Crippen LogP contribution in [-0.2, 0) is 9.53 Å². The van der Waals surface area contributed by atoms with Crippen LogP contribution in [0, 0.1) is 10.1 Å². The van der Waals surface area contributed by atoms with Crippen LogP contribution in [-0.4, -0.2) is 22.9 Å². The van der Waals surface area contributed by atoms with Gasteiger partial charge in [0.2, 0.25) is 0 Å². The molecule has 26 heavy (non-hydrogen) atoms. The number of nitrogens with zero attached hydrogens (tertiary/aromatic N) is 1. The number of rotatable bonds is 5. The van der Waals surface area contributed by atoms with Crippen molar-refractivity contribution in [3.8, 4) is 0 Å². The molecule has 0 spiro atoms. The summed E-state index contributed by atoms with van der Waals surface area (Å²) in [6.07, 6.45) is -1.16. The van der Waals surface area contributed by atoms with Gasteiger partial charge in [0.05, 0.1) is 26.9 Å². The van der Waals surface area contributed by atoms with E-state index in [1.807, 2.05) is 0 Å². The fourth-order valence-corrected chi connectivity index (χ4v) is 2.41. The van der Waals surface area contributed by atoms with Crippen LogP contribution in [0.3, 0.4) is 0 Å². The van der Waals surface area contributed by atoms with Gasteiger partial charge in [0.1, 0.15) is 0 Å². The van der Waals surface area contributed by atoms with Crippen LogP contribution in [0.5, 0.6) is 0 Å². The highest BCUT2D eigenvalue weighted by atomic mass is 35.5. The Morgan fingerprint density at radius 3 is 2.50 bits per heavy atom. The second-order valence-electron chi connectivity index (χ2n) is 5.19. The molecule has 0 aromatic heterocycles. The Kier molecular flexibility index (Phi) is 6.01. The number of ether oxygens (including phenoxy) is 1. The van der Waals surface area contributed by atoms with E-state index in [4.69, 9.17) is 33.7 Å². The van der Waals surface area contributed by atoms with Crippen LogP contribution in [0.25, 0.3) is 0 Å². The number of halogens is 2. The van der Waals surface area contributed by atoms with Gasteiger partial charge in [-0.2, -0.15) is 0 Å². The molecule has 2 rings (SSSR count). The first-order valence-electron chi connectivity index (χ1n) is 7.20. The predicted molar refractivity (Wildman–Crippen MR) is 97.5 cm³/mol. The summed E-state index contributed by atoms with van der Waals surface area (Å²) in [5, 5.41) is 13.8. The predicted octanol–water partition coefficient (Wildman–Crippen LogP) is 3.67. The largest absolute Gasteiger partial charge is 0.449 e. The van der Waals surface area contributed by atoms with Gasteiger partial charge >= 0.3 is 5.97 Å². The highest BCUT2D eigenvalue weighted by Gasteiger charge is 2.22. The molecular formula is C16H13Cl2N3O5. The maximum Gasteiger partial charge on any atom is 0.341 e. The standard InChI is InChI=1S/C16H13Cl2N3O5/c1-8(15(22)20-14-5-2-9(17)6-12(14)18)26-16(23)11-4-3-10(21(24)25)7-13(11)19/h2-8H,19H2,1H3,(H,20,22)/t8-/m0/s1. The van der Waals surface area contributed by atoms with E-state index in [1.165, 1.54) is 25.1 Å². The third-order valence-electron chi connectivity index (χ3n) is 3.31. The third-order valence-corrected chi connectivity index (χ3v) is 3.86. The second-order valence-corrected chi connectivity index (χ2v) is 6.03. The van der Waals surface area contributed by atoms with Crippen molar-refractivity contribution in [1.29, 1.82) is 0 Å². The molecule has 8 nitrogen and oxygen atoms in total. The van der Waals surface area contributed by atoms with Crippen molar-refractivity contribution in [2.24, 2.45) is 0 Å². The molecule has 0 saturated carbocycles. The number of esters is 1. The van der Waals surface area contributed by atoms with Gasteiger partial charge in [0, 0.05) is 17.2 Å². The van der Waals surface area contributed by atoms with Crippen LogP contribution < -0.4 is 11.1 Å². The number of nitrogens with two attached hydrogens (primary N) is 1. The van der Waals surface area contributed by atoms with E-state index in [0.717, 1.165) is 18.2 Å². The van der Waals surface area contributed by atoms with E-state index in [-0.39, 0.29) is 22.0 Å². The molecule has 3 N–H and O–H groups in total. The molecule has 136 valence electrons. The SMILES string of the molecule is C[C@H](OC(=O)c1ccc([N+](=O)[O-])cc1N)C(=O)Nc1ccc(Cl)cc1Cl. The third kappa shape index (κ3) is 4.62. The van der Waals surface area contributed by atoms with Crippen molar-refractivity contribution in [3.63, 3.8) is 0 Å². The van der Waals surface area contributed by atoms with Gasteiger partial charge in [-0.3, -0.25) is 14.9 Å². The lowest BCUT2D eigenvalue weighted by Crippen LogP contribution is -2.30. The summed E-state index contributed by atoms with van der Waals surface area (Å²) < 4.78 is 5.05. The van der Waals surface area contributed by atoms with Gasteiger partial charge in [0.15, 0.2) is 6.10 Å². The monoisotopic (exact) mass is 397 g/mol. The fourth-order valence-electron chi connectivity index (χ4n) is 1.95. The lowest BCUT2D eigenvalue weighted by atomic mass is 10.1. The number of hydrogen-bond acceptors (Lipinski definition) is 6. The minimum absolute atomic E-state index is 0.0835. The summed E-state index contributed by atoms with van der Waals surface area (Å²) in [7, 11) is 0. The van der Waals surface area contributed by atoms with E-state index in [2.05, 4.69) is 5.32 Å². The van der Waals surface area contributed by atoms with Gasteiger partial charge in [-0.05, 0) is 31.2 Å². The van der Waals surface area contributed by atoms with Crippen LogP contribution in [0.15, 0.2) is 36.4 Å². The Hall–Kier alpha value is -2.84. The van der Waals surface area contributed by atoms with Crippen molar-refractivity contribution in [2.75, 3.05) is 11.1 Å². The molecule has 0 saturated heterocycles. The van der Waals surface area contributed by atoms with Crippen LogP contribution in [0.4, 0.5) is 17.1 Å². The van der Waals surface area contributed by atoms with Crippen molar-refractivity contribution in [3.05, 3.63) is 62.1 Å². The highest BCUT2D eigenvalue weighted by molar-refractivity contribution is 6.36. The summed E-state index contributed by atoms with van der Waals surface area (Å²) in [6.45, 7) is 1.36. The molecule has 0 aliphatic heterocycles. The van der Waals surface area contributed by atoms with Gasteiger partial charge in [-0.25, -0.2) is 4.79 Å². The number of benzene rings is 2. The first-order chi connectivity index (χ1) is 12.2. The Labute approximate surface area is 158 Å². The number of amides is 1. The van der Waals surface area contributed by atoms with Gasteiger partial charge in [-0.1, -0.05) is 23.2 Å². The molecule has 2 aromatic carbocycles. The molecule has 10 heteroatoms. The van der Waals surface area contributed by atoms with E-state index >= 15 is 0 Å². The average molecular weight is 398 g/mol. The number of carbonyl (C=O) groups excluding carboxylic acids is 2. The zero-order valence-electron chi connectivity index (χ0n) is 13.4. The zero-order chi connectivity index (χ0) is 19.4. The summed E-state index contributed by atoms with van der Waals surface area (Å²) in [5.74, 6) is -1.51. The molecular weight excluding hydrogens is 385 g/mol. The molecule has 2 aromatic rings. The van der Waals surface area contributed by atoms with Gasteiger partial charge in [0.25, 0.3) is 11.6 Å². The number of nitro benzene ring substituents is 1. The number of nitro groups is 1. The number of hydrogen-bond donors (Lipinski definition) is 2. The molecule has 0 radical (unpaired) electrons. The number of nitrogen functional groups attached to an aromatic ring is 1. The number of non-ortho nitro benzene ring substituents is 1. The topological polar surface area (TPSA) is 125 Å². The molecule has 0 aliphatic rings. The molecule has 1 amide bonds. The Bertz CT molecular complexity index is 888. The van der Waals surface area contributed by atoms with Gasteiger partial charge < -0.3 is 15.8 Å². The van der Waals surface area contributed by atoms with Crippen LogP contribution in [0.1, 0.15) is 17.3 Å². The lowest BCUT2D eigenvalue weighted by Gasteiger charge is -2.15. The summed E-state index contributed by atoms with van der Waals surface area (Å²) in [6, 6.07) is 7.81. The van der Waals surface area contributed by atoms with Crippen molar-refractivity contribution in [2.45, 2.75) is 13.0 Å². The van der Waals surface area contributed by atoms with Crippen molar-refractivity contribution >= 4 is 52.1 Å². The van der Waals surface area contributed by atoms with E-state index < -0.39 is 22.9 Å². The first kappa shape index (κ1) is 19.5. The Morgan fingerprint density at radius 1 is 1.23 bits per heavy atom. The van der Waals surface area contributed by atoms with Crippen LogP contribution >= 0.6 is 23.2 Å². The highest BCUT2D eigenvalue weighted by Crippen LogP contribution is 2.26. The Morgan fingerprint density at radius 2 is 1.92 bits per heavy atom. The van der Waals surface area contributed by atoms with Crippen LogP contribution in [0.2, 0.25) is 10.0 Å². The molecule has 0 heterocycles. The first-order valence-corrected chi connectivity index (χ1v) is 7.95. The molecule has 0 fully saturated rings. The minimum Gasteiger partial charge on any atom is -0.449 e. The fraction of sp³-hybridized carbons (Fsp3) is 0.125. The quantitative estimate of drug-likeness (QED) is 0.343. The van der Waals surface area contributed by atoms with E-state index in [9.17, 15) is 19.7 Å². The molecule has 0 aliphatic carbocycles. The average Bonchev–Trinajstić information content (AvgIpc) is 2.56. The number of carbonyl (C=O) groups is 2. The lowest BCUT2D eigenvalue weighted by molar-refractivity contribution is -0.384. The summed E-state index contributed by atoms with van der Waals surface area (Å²) >= 11 is 11.7. The number of nitrogens with one attached hydrogen (secondary N) is 1. The number of anilines is 2. The molecule has 1 atom stereocenters. The minimum atomic E-state index is -1.16. The molecule has 0 bridgehead atoms. The maximum absolute atomic E-state index is 12.1. The second kappa shape index (κ2) is 8.03. The molecule has 0 unspecified atom stereocenters. The Balaban J connectivity index is 2.06.